The molecule has 21 heavy (non-hydrogen) atoms. The Morgan fingerprint density at radius 3 is 2.38 bits per heavy atom. The van der Waals surface area contributed by atoms with Gasteiger partial charge in [0.15, 0.2) is 0 Å². The molecule has 4 nitrogen and oxygen atoms in total. The van der Waals surface area contributed by atoms with Gasteiger partial charge in [-0.05, 0) is 48.3 Å². The summed E-state index contributed by atoms with van der Waals surface area (Å²) in [6.45, 7) is 9.10. The summed E-state index contributed by atoms with van der Waals surface area (Å²) in [6.07, 6.45) is 3.22. The molecule has 0 aromatic heterocycles. The van der Waals surface area contributed by atoms with Crippen molar-refractivity contribution in [1.29, 1.82) is 0 Å². The van der Waals surface area contributed by atoms with E-state index < -0.39 is 0 Å². The average molecular weight is 289 g/mol. The van der Waals surface area contributed by atoms with Crippen LogP contribution in [0.5, 0.6) is 0 Å². The van der Waals surface area contributed by atoms with Crippen LogP contribution in [0.1, 0.15) is 47.0 Å². The molecule has 1 fully saturated rings. The molecule has 1 aromatic carbocycles. The van der Waals surface area contributed by atoms with Crippen LogP contribution < -0.4 is 16.4 Å². The Bertz CT molecular complexity index is 507. The van der Waals surface area contributed by atoms with Gasteiger partial charge in [0.1, 0.15) is 0 Å². The SMILES string of the molecule is CC1(C)CC(NC(=O)Nc2cccc(N)c2)CC(C)(C)C1. The zero-order chi connectivity index (χ0) is 15.7. The molecule has 0 atom stereocenters. The number of carbonyl (C=O) groups excluding carboxylic acids is 1. The first-order valence-corrected chi connectivity index (χ1v) is 7.58. The molecule has 0 heterocycles. The lowest BCUT2D eigenvalue weighted by Crippen LogP contribution is -2.47. The van der Waals surface area contributed by atoms with E-state index in [0.717, 1.165) is 18.5 Å². The van der Waals surface area contributed by atoms with E-state index in [-0.39, 0.29) is 22.9 Å². The Morgan fingerprint density at radius 1 is 1.19 bits per heavy atom. The van der Waals surface area contributed by atoms with Gasteiger partial charge >= 0.3 is 6.03 Å². The molecule has 4 heteroatoms. The highest BCUT2D eigenvalue weighted by molar-refractivity contribution is 5.89. The standard InChI is InChI=1S/C17H27N3O/c1-16(2)9-14(10-17(3,4)11-16)20-15(21)19-13-7-5-6-12(18)8-13/h5-8,14H,9-11,18H2,1-4H3,(H2,19,20,21). The van der Waals surface area contributed by atoms with Gasteiger partial charge in [-0.2, -0.15) is 0 Å². The summed E-state index contributed by atoms with van der Waals surface area (Å²) in [7, 11) is 0. The van der Waals surface area contributed by atoms with E-state index in [1.54, 1.807) is 12.1 Å². The number of urea groups is 1. The van der Waals surface area contributed by atoms with Crippen molar-refractivity contribution in [2.45, 2.75) is 53.0 Å². The number of anilines is 2. The van der Waals surface area contributed by atoms with E-state index in [1.807, 2.05) is 12.1 Å². The van der Waals surface area contributed by atoms with Crippen molar-refractivity contribution in [2.24, 2.45) is 10.8 Å². The summed E-state index contributed by atoms with van der Waals surface area (Å²) in [5.74, 6) is 0. The fraction of sp³-hybridized carbons (Fsp3) is 0.588. The predicted molar refractivity (Wildman–Crippen MR) is 88.2 cm³/mol. The average Bonchev–Trinajstić information content (AvgIpc) is 2.23. The molecule has 1 aromatic rings. The molecule has 0 spiro atoms. The minimum atomic E-state index is -0.154. The number of nitrogens with two attached hydrogens (primary N) is 1. The fourth-order valence-electron chi connectivity index (χ4n) is 3.92. The second-order valence-electron chi connectivity index (χ2n) is 7.83. The number of hydrogen-bond acceptors (Lipinski definition) is 2. The Hall–Kier alpha value is -1.71. The van der Waals surface area contributed by atoms with Crippen LogP contribution in [0.25, 0.3) is 0 Å². The third-order valence-corrected chi connectivity index (χ3v) is 4.03. The maximum Gasteiger partial charge on any atom is 0.319 e. The number of carbonyl (C=O) groups is 1. The molecule has 1 saturated carbocycles. The largest absolute Gasteiger partial charge is 0.399 e. The van der Waals surface area contributed by atoms with Crippen molar-refractivity contribution in [2.75, 3.05) is 11.1 Å². The summed E-state index contributed by atoms with van der Waals surface area (Å²) >= 11 is 0. The van der Waals surface area contributed by atoms with E-state index in [9.17, 15) is 4.79 Å². The van der Waals surface area contributed by atoms with Crippen LogP contribution in [0.15, 0.2) is 24.3 Å². The van der Waals surface area contributed by atoms with Gasteiger partial charge in [-0.1, -0.05) is 33.8 Å². The van der Waals surface area contributed by atoms with Crippen LogP contribution in [0.4, 0.5) is 16.2 Å². The Morgan fingerprint density at radius 2 is 1.81 bits per heavy atom. The fourth-order valence-corrected chi connectivity index (χ4v) is 3.92. The van der Waals surface area contributed by atoms with Gasteiger partial charge in [0.2, 0.25) is 0 Å². The maximum atomic E-state index is 12.2. The van der Waals surface area contributed by atoms with E-state index in [2.05, 4.69) is 38.3 Å². The van der Waals surface area contributed by atoms with Gasteiger partial charge in [-0.25, -0.2) is 4.79 Å². The highest BCUT2D eigenvalue weighted by Crippen LogP contribution is 2.45. The van der Waals surface area contributed by atoms with Gasteiger partial charge in [-0.15, -0.1) is 0 Å². The zero-order valence-corrected chi connectivity index (χ0v) is 13.5. The molecule has 0 aliphatic heterocycles. The van der Waals surface area contributed by atoms with Crippen LogP contribution in [0.3, 0.4) is 0 Å². The van der Waals surface area contributed by atoms with E-state index in [1.165, 1.54) is 6.42 Å². The molecule has 2 rings (SSSR count). The predicted octanol–water partition coefficient (Wildman–Crippen LogP) is 4.00. The lowest BCUT2D eigenvalue weighted by atomic mass is 9.63. The van der Waals surface area contributed by atoms with Gasteiger partial charge in [0.05, 0.1) is 0 Å². The zero-order valence-electron chi connectivity index (χ0n) is 13.5. The monoisotopic (exact) mass is 289 g/mol. The molecule has 116 valence electrons. The topological polar surface area (TPSA) is 67.2 Å². The van der Waals surface area contributed by atoms with E-state index in [0.29, 0.717) is 5.69 Å². The molecule has 0 saturated heterocycles. The quantitative estimate of drug-likeness (QED) is 0.720. The van der Waals surface area contributed by atoms with Crippen LogP contribution >= 0.6 is 0 Å². The molecule has 4 N–H and O–H groups in total. The minimum absolute atomic E-state index is 0.154. The van der Waals surface area contributed by atoms with Gasteiger partial charge in [-0.3, -0.25) is 0 Å². The van der Waals surface area contributed by atoms with Crippen molar-refractivity contribution in [1.82, 2.24) is 5.32 Å². The van der Waals surface area contributed by atoms with Gasteiger partial charge in [0.25, 0.3) is 0 Å². The lowest BCUT2D eigenvalue weighted by molar-refractivity contribution is 0.0892. The van der Waals surface area contributed by atoms with Crippen molar-refractivity contribution < 1.29 is 4.79 Å². The van der Waals surface area contributed by atoms with Crippen LogP contribution in [-0.2, 0) is 0 Å². The molecular formula is C17H27N3O. The van der Waals surface area contributed by atoms with Crippen LogP contribution in [0, 0.1) is 10.8 Å². The van der Waals surface area contributed by atoms with Crippen molar-refractivity contribution in [3.8, 4) is 0 Å². The molecular weight excluding hydrogens is 262 g/mol. The number of nitrogen functional groups attached to an aromatic ring is 1. The Balaban J connectivity index is 1.96. The maximum absolute atomic E-state index is 12.2. The summed E-state index contributed by atoms with van der Waals surface area (Å²) in [5.41, 5.74) is 7.61. The molecule has 0 unspecified atom stereocenters. The minimum Gasteiger partial charge on any atom is -0.399 e. The second-order valence-corrected chi connectivity index (χ2v) is 7.83. The lowest BCUT2D eigenvalue weighted by Gasteiger charge is -2.45. The summed E-state index contributed by atoms with van der Waals surface area (Å²) in [6, 6.07) is 7.29. The van der Waals surface area contributed by atoms with Gasteiger partial charge in [0, 0.05) is 17.4 Å². The number of hydrogen-bond donors (Lipinski definition) is 3. The molecule has 1 aliphatic rings. The van der Waals surface area contributed by atoms with Crippen molar-refractivity contribution in [3.63, 3.8) is 0 Å². The molecule has 0 radical (unpaired) electrons. The first kappa shape index (κ1) is 15.7. The van der Waals surface area contributed by atoms with Gasteiger partial charge < -0.3 is 16.4 Å². The smallest absolute Gasteiger partial charge is 0.319 e. The first-order valence-electron chi connectivity index (χ1n) is 7.58. The third-order valence-electron chi connectivity index (χ3n) is 4.03. The molecule has 0 bridgehead atoms. The second kappa shape index (κ2) is 5.58. The Kier molecular flexibility index (Phi) is 4.17. The van der Waals surface area contributed by atoms with Crippen molar-refractivity contribution in [3.05, 3.63) is 24.3 Å². The van der Waals surface area contributed by atoms with E-state index in [4.69, 9.17) is 5.73 Å². The number of benzene rings is 1. The normalized spacial score (nSPS) is 20.8. The summed E-state index contributed by atoms with van der Waals surface area (Å²) < 4.78 is 0. The summed E-state index contributed by atoms with van der Waals surface area (Å²) in [4.78, 5) is 12.2. The summed E-state index contributed by atoms with van der Waals surface area (Å²) in [5, 5.41) is 5.96. The highest BCUT2D eigenvalue weighted by Gasteiger charge is 2.38. The number of amides is 2. The first-order chi connectivity index (χ1) is 9.65. The van der Waals surface area contributed by atoms with Crippen LogP contribution in [0.2, 0.25) is 0 Å². The van der Waals surface area contributed by atoms with E-state index >= 15 is 0 Å². The Labute approximate surface area is 127 Å². The van der Waals surface area contributed by atoms with Crippen molar-refractivity contribution >= 4 is 17.4 Å². The number of nitrogens with one attached hydrogen (secondary N) is 2. The molecule has 2 amide bonds. The van der Waals surface area contributed by atoms with Crippen LogP contribution in [-0.4, -0.2) is 12.1 Å². The third kappa shape index (κ3) is 4.66. The molecule has 1 aliphatic carbocycles. The highest BCUT2D eigenvalue weighted by atomic mass is 16.2. The number of rotatable bonds is 2.